The number of rotatable bonds is 14. The second kappa shape index (κ2) is 14.3. The van der Waals surface area contributed by atoms with Crippen LogP contribution in [0.5, 0.6) is 0 Å². The van der Waals surface area contributed by atoms with Gasteiger partial charge in [0.15, 0.2) is 0 Å². The molecule has 2 unspecified atom stereocenters. The number of aliphatic hydroxyl groups excluding tert-OH is 2. The summed E-state index contributed by atoms with van der Waals surface area (Å²) in [6.07, 6.45) is 13.7. The maximum absolute atomic E-state index is 9.43. The first-order chi connectivity index (χ1) is 9.28. The van der Waals surface area contributed by atoms with Crippen molar-refractivity contribution in [2.24, 2.45) is 11.8 Å². The second-order valence-corrected chi connectivity index (χ2v) is 6.03. The summed E-state index contributed by atoms with van der Waals surface area (Å²) < 4.78 is 0. The topological polar surface area (TPSA) is 40.5 Å². The quantitative estimate of drug-likeness (QED) is 0.456. The first-order valence-electron chi connectivity index (χ1n) is 8.50. The van der Waals surface area contributed by atoms with E-state index in [9.17, 15) is 10.2 Å². The van der Waals surface area contributed by atoms with E-state index in [-0.39, 0.29) is 13.2 Å². The standard InChI is InChI=1S/C17H36O2/c1-3-5-6-7-8-9-10-12-17(15-19)13-16(14-18)11-4-2/h16-19H,3-15H2,1-2H3. The van der Waals surface area contributed by atoms with Gasteiger partial charge in [0.05, 0.1) is 0 Å². The Morgan fingerprint density at radius 3 is 1.68 bits per heavy atom. The molecule has 2 atom stereocenters. The lowest BCUT2D eigenvalue weighted by molar-refractivity contribution is 0.148. The van der Waals surface area contributed by atoms with Crippen LogP contribution in [0.15, 0.2) is 0 Å². The number of hydrogen-bond donors (Lipinski definition) is 2. The average Bonchev–Trinajstić information content (AvgIpc) is 2.44. The molecule has 0 radical (unpaired) electrons. The third kappa shape index (κ3) is 11.4. The van der Waals surface area contributed by atoms with Crippen molar-refractivity contribution in [2.45, 2.75) is 84.5 Å². The lowest BCUT2D eigenvalue weighted by Crippen LogP contribution is -2.15. The maximum Gasteiger partial charge on any atom is 0.0459 e. The summed E-state index contributed by atoms with van der Waals surface area (Å²) in [7, 11) is 0. The van der Waals surface area contributed by atoms with E-state index in [1.54, 1.807) is 0 Å². The van der Waals surface area contributed by atoms with Crippen LogP contribution in [0, 0.1) is 11.8 Å². The summed E-state index contributed by atoms with van der Waals surface area (Å²) in [5.41, 5.74) is 0. The van der Waals surface area contributed by atoms with Gasteiger partial charge >= 0.3 is 0 Å². The van der Waals surface area contributed by atoms with Gasteiger partial charge in [-0.15, -0.1) is 0 Å². The number of unbranched alkanes of at least 4 members (excludes halogenated alkanes) is 6. The van der Waals surface area contributed by atoms with Crippen LogP contribution in [0.3, 0.4) is 0 Å². The molecular formula is C17H36O2. The molecule has 0 aromatic carbocycles. The Morgan fingerprint density at radius 2 is 1.16 bits per heavy atom. The van der Waals surface area contributed by atoms with Gasteiger partial charge in [0.2, 0.25) is 0 Å². The van der Waals surface area contributed by atoms with Crippen molar-refractivity contribution in [1.82, 2.24) is 0 Å². The molecular weight excluding hydrogens is 236 g/mol. The van der Waals surface area contributed by atoms with Crippen molar-refractivity contribution >= 4 is 0 Å². The SMILES string of the molecule is CCCCCCCCCC(CO)CC(CO)CCC. The van der Waals surface area contributed by atoms with E-state index in [4.69, 9.17) is 0 Å². The molecule has 0 saturated heterocycles. The van der Waals surface area contributed by atoms with Gasteiger partial charge in [0.25, 0.3) is 0 Å². The molecule has 0 aromatic heterocycles. The van der Waals surface area contributed by atoms with Crippen molar-refractivity contribution in [3.05, 3.63) is 0 Å². The van der Waals surface area contributed by atoms with Crippen molar-refractivity contribution in [1.29, 1.82) is 0 Å². The van der Waals surface area contributed by atoms with Crippen LogP contribution < -0.4 is 0 Å². The predicted molar refractivity (Wildman–Crippen MR) is 83.3 cm³/mol. The zero-order valence-electron chi connectivity index (χ0n) is 13.2. The Labute approximate surface area is 120 Å². The fraction of sp³-hybridized carbons (Fsp3) is 1.00. The van der Waals surface area contributed by atoms with Gasteiger partial charge in [0.1, 0.15) is 0 Å². The molecule has 2 nitrogen and oxygen atoms in total. The van der Waals surface area contributed by atoms with Crippen LogP contribution in [0.1, 0.15) is 84.5 Å². The van der Waals surface area contributed by atoms with Crippen LogP contribution in [0.25, 0.3) is 0 Å². The maximum atomic E-state index is 9.43. The van der Waals surface area contributed by atoms with E-state index >= 15 is 0 Å². The minimum atomic E-state index is 0.279. The van der Waals surface area contributed by atoms with E-state index in [0.717, 1.165) is 25.7 Å². The lowest BCUT2D eigenvalue weighted by atomic mass is 9.88. The van der Waals surface area contributed by atoms with Gasteiger partial charge in [-0.05, 0) is 31.1 Å². The Morgan fingerprint density at radius 1 is 0.632 bits per heavy atom. The molecule has 2 heteroatoms. The molecule has 0 heterocycles. The van der Waals surface area contributed by atoms with Crippen molar-refractivity contribution in [3.63, 3.8) is 0 Å². The second-order valence-electron chi connectivity index (χ2n) is 6.03. The summed E-state index contributed by atoms with van der Waals surface area (Å²) >= 11 is 0. The van der Waals surface area contributed by atoms with Crippen LogP contribution in [0.4, 0.5) is 0 Å². The molecule has 0 aliphatic heterocycles. The van der Waals surface area contributed by atoms with E-state index in [1.165, 1.54) is 44.9 Å². The van der Waals surface area contributed by atoms with Crippen LogP contribution in [-0.4, -0.2) is 23.4 Å². The fourth-order valence-electron chi connectivity index (χ4n) is 2.84. The Balaban J connectivity index is 3.58. The molecule has 0 rings (SSSR count). The van der Waals surface area contributed by atoms with Crippen LogP contribution >= 0.6 is 0 Å². The molecule has 0 aliphatic rings. The van der Waals surface area contributed by atoms with Crippen molar-refractivity contribution in [2.75, 3.05) is 13.2 Å². The molecule has 2 N–H and O–H groups in total. The third-order valence-electron chi connectivity index (χ3n) is 4.10. The number of hydrogen-bond acceptors (Lipinski definition) is 2. The zero-order chi connectivity index (χ0) is 14.3. The summed E-state index contributed by atoms with van der Waals surface area (Å²) in [4.78, 5) is 0. The molecule has 116 valence electrons. The molecule has 0 fully saturated rings. The molecule has 0 saturated carbocycles. The number of aliphatic hydroxyl groups is 2. The van der Waals surface area contributed by atoms with E-state index < -0.39 is 0 Å². The predicted octanol–water partition coefficient (Wildman–Crippen LogP) is 4.53. The summed E-state index contributed by atoms with van der Waals surface area (Å²) in [6.45, 7) is 4.98. The minimum Gasteiger partial charge on any atom is -0.396 e. The highest BCUT2D eigenvalue weighted by Crippen LogP contribution is 2.22. The highest BCUT2D eigenvalue weighted by atomic mass is 16.3. The summed E-state index contributed by atoms with van der Waals surface area (Å²) in [5.74, 6) is 0.797. The Hall–Kier alpha value is -0.0800. The van der Waals surface area contributed by atoms with Crippen molar-refractivity contribution < 1.29 is 10.2 Å². The highest BCUT2D eigenvalue weighted by molar-refractivity contribution is 4.65. The van der Waals surface area contributed by atoms with Gasteiger partial charge < -0.3 is 10.2 Å². The largest absolute Gasteiger partial charge is 0.396 e. The summed E-state index contributed by atoms with van der Waals surface area (Å²) in [6, 6.07) is 0. The van der Waals surface area contributed by atoms with Gasteiger partial charge in [-0.3, -0.25) is 0 Å². The van der Waals surface area contributed by atoms with E-state index in [0.29, 0.717) is 11.8 Å². The van der Waals surface area contributed by atoms with Crippen LogP contribution in [-0.2, 0) is 0 Å². The highest BCUT2D eigenvalue weighted by Gasteiger charge is 2.14. The first kappa shape index (κ1) is 18.9. The zero-order valence-corrected chi connectivity index (χ0v) is 13.2. The van der Waals surface area contributed by atoms with E-state index in [1.807, 2.05) is 0 Å². The van der Waals surface area contributed by atoms with E-state index in [2.05, 4.69) is 13.8 Å². The molecule has 0 amide bonds. The van der Waals surface area contributed by atoms with Crippen molar-refractivity contribution in [3.8, 4) is 0 Å². The Bertz CT molecular complexity index is 171. The third-order valence-corrected chi connectivity index (χ3v) is 4.10. The smallest absolute Gasteiger partial charge is 0.0459 e. The summed E-state index contributed by atoms with van der Waals surface area (Å²) in [5, 5.41) is 18.7. The molecule has 0 aromatic rings. The molecule has 0 bridgehead atoms. The fourth-order valence-corrected chi connectivity index (χ4v) is 2.84. The van der Waals surface area contributed by atoms with Gasteiger partial charge in [0, 0.05) is 13.2 Å². The van der Waals surface area contributed by atoms with Crippen LogP contribution in [0.2, 0.25) is 0 Å². The Kier molecular flexibility index (Phi) is 14.3. The normalized spacial score (nSPS) is 14.5. The monoisotopic (exact) mass is 272 g/mol. The minimum absolute atomic E-state index is 0.279. The van der Waals surface area contributed by atoms with Gasteiger partial charge in [-0.2, -0.15) is 0 Å². The lowest BCUT2D eigenvalue weighted by Gasteiger charge is -2.20. The molecule has 0 aliphatic carbocycles. The first-order valence-corrected chi connectivity index (χ1v) is 8.50. The van der Waals surface area contributed by atoms with Gasteiger partial charge in [-0.25, -0.2) is 0 Å². The average molecular weight is 272 g/mol. The molecule has 19 heavy (non-hydrogen) atoms. The van der Waals surface area contributed by atoms with Gasteiger partial charge in [-0.1, -0.05) is 65.2 Å². The molecule has 0 spiro atoms.